The van der Waals surface area contributed by atoms with Gasteiger partial charge in [-0.05, 0) is 28.9 Å². The van der Waals surface area contributed by atoms with Crippen LogP contribution < -0.4 is 0 Å². The van der Waals surface area contributed by atoms with E-state index in [1.807, 2.05) is 6.26 Å². The van der Waals surface area contributed by atoms with Crippen LogP contribution >= 0.6 is 0 Å². The zero-order valence-corrected chi connectivity index (χ0v) is 11.0. The predicted octanol–water partition coefficient (Wildman–Crippen LogP) is 4.46. The van der Waals surface area contributed by atoms with E-state index in [9.17, 15) is 0 Å². The van der Waals surface area contributed by atoms with Crippen LogP contribution in [0.25, 0.3) is 0 Å². The molecule has 1 rings (SSSR count). The van der Waals surface area contributed by atoms with Crippen LogP contribution in [0.4, 0.5) is 0 Å². The molecule has 0 aromatic carbocycles. The molecule has 0 amide bonds. The second-order valence-corrected chi connectivity index (χ2v) is 6.90. The molecule has 0 aliphatic rings. The maximum atomic E-state index is 5.59. The minimum absolute atomic E-state index is 0.302. The van der Waals surface area contributed by atoms with Crippen molar-refractivity contribution in [3.05, 3.63) is 23.7 Å². The molecule has 1 heterocycles. The minimum Gasteiger partial charge on any atom is -0.469 e. The molecule has 0 aliphatic heterocycles. The van der Waals surface area contributed by atoms with Crippen LogP contribution in [0.5, 0.6) is 0 Å². The first kappa shape index (κ1) is 12.4. The van der Waals surface area contributed by atoms with Gasteiger partial charge in [0.15, 0.2) is 0 Å². The topological polar surface area (TPSA) is 13.1 Å². The molecule has 1 nitrogen and oxygen atoms in total. The summed E-state index contributed by atoms with van der Waals surface area (Å²) in [6.45, 7) is 13.5. The van der Waals surface area contributed by atoms with Gasteiger partial charge in [0.05, 0.1) is 6.26 Å². The normalized spacial score (nSPS) is 13.2. The van der Waals surface area contributed by atoms with Crippen LogP contribution in [0.15, 0.2) is 16.7 Å². The molecule has 0 radical (unpaired) electrons. The maximum Gasteiger partial charge on any atom is 0.104 e. The Morgan fingerprint density at radius 3 is 1.93 bits per heavy atom. The molecule has 0 aliphatic carbocycles. The summed E-state index contributed by atoms with van der Waals surface area (Å²) in [7, 11) is 0. The third kappa shape index (κ3) is 5.06. The van der Waals surface area contributed by atoms with Crippen molar-refractivity contribution in [2.24, 2.45) is 10.8 Å². The number of hydrogen-bond acceptors (Lipinski definition) is 1. The smallest absolute Gasteiger partial charge is 0.104 e. The van der Waals surface area contributed by atoms with Crippen LogP contribution in [0.2, 0.25) is 0 Å². The van der Waals surface area contributed by atoms with Crippen LogP contribution in [0, 0.1) is 10.8 Å². The average molecular weight is 208 g/mol. The highest BCUT2D eigenvalue weighted by molar-refractivity contribution is 5.15. The molecular formula is C14H24O. The van der Waals surface area contributed by atoms with E-state index in [4.69, 9.17) is 4.42 Å². The number of furan rings is 1. The van der Waals surface area contributed by atoms with Crippen molar-refractivity contribution in [1.29, 1.82) is 0 Å². The largest absolute Gasteiger partial charge is 0.469 e. The van der Waals surface area contributed by atoms with Gasteiger partial charge >= 0.3 is 0 Å². The molecule has 0 bridgehead atoms. The maximum absolute atomic E-state index is 5.59. The Hall–Kier alpha value is -0.720. The van der Waals surface area contributed by atoms with Crippen LogP contribution in [0.3, 0.4) is 0 Å². The van der Waals surface area contributed by atoms with Gasteiger partial charge in [-0.3, -0.25) is 0 Å². The highest BCUT2D eigenvalue weighted by Crippen LogP contribution is 2.25. The van der Waals surface area contributed by atoms with Gasteiger partial charge in [0, 0.05) is 6.42 Å². The third-order valence-corrected chi connectivity index (χ3v) is 2.15. The van der Waals surface area contributed by atoms with Crippen molar-refractivity contribution in [2.45, 2.75) is 54.4 Å². The summed E-state index contributed by atoms with van der Waals surface area (Å²) in [6, 6.07) is 2.20. The van der Waals surface area contributed by atoms with Crippen molar-refractivity contribution in [1.82, 2.24) is 0 Å². The molecule has 1 aromatic rings. The first-order valence-electron chi connectivity index (χ1n) is 5.72. The number of hydrogen-bond donors (Lipinski definition) is 0. The van der Waals surface area contributed by atoms with Crippen molar-refractivity contribution in [2.75, 3.05) is 0 Å². The van der Waals surface area contributed by atoms with E-state index in [1.165, 1.54) is 5.56 Å². The standard InChI is InChI=1S/C14H24O/c1-13(2,3)8-11-7-12(15-10-11)9-14(4,5)6/h7,10H,8-9H2,1-6H3. The second kappa shape index (κ2) is 4.03. The highest BCUT2D eigenvalue weighted by atomic mass is 16.3. The summed E-state index contributed by atoms with van der Waals surface area (Å²) in [6.07, 6.45) is 4.00. The number of rotatable bonds is 2. The monoisotopic (exact) mass is 208 g/mol. The molecule has 0 atom stereocenters. The average Bonchev–Trinajstić information content (AvgIpc) is 2.28. The predicted molar refractivity (Wildman–Crippen MR) is 65.0 cm³/mol. The first-order chi connectivity index (χ1) is 6.66. The fourth-order valence-electron chi connectivity index (χ4n) is 1.75. The molecule has 0 fully saturated rings. The Labute approximate surface area is 93.9 Å². The Balaban J connectivity index is 2.65. The van der Waals surface area contributed by atoms with Crippen molar-refractivity contribution in [3.8, 4) is 0 Å². The quantitative estimate of drug-likeness (QED) is 0.699. The minimum atomic E-state index is 0.302. The summed E-state index contributed by atoms with van der Waals surface area (Å²) in [5.41, 5.74) is 1.96. The van der Waals surface area contributed by atoms with Gasteiger partial charge in [-0.25, -0.2) is 0 Å². The lowest BCUT2D eigenvalue weighted by Crippen LogP contribution is -2.09. The van der Waals surface area contributed by atoms with Gasteiger partial charge in [-0.1, -0.05) is 41.5 Å². The summed E-state index contributed by atoms with van der Waals surface area (Å²) in [5.74, 6) is 1.11. The van der Waals surface area contributed by atoms with E-state index in [2.05, 4.69) is 47.6 Å². The van der Waals surface area contributed by atoms with Crippen LogP contribution in [-0.4, -0.2) is 0 Å². The van der Waals surface area contributed by atoms with Crippen LogP contribution in [-0.2, 0) is 12.8 Å². The first-order valence-corrected chi connectivity index (χ1v) is 5.72. The van der Waals surface area contributed by atoms with E-state index in [1.54, 1.807) is 0 Å². The second-order valence-electron chi connectivity index (χ2n) is 6.90. The summed E-state index contributed by atoms with van der Waals surface area (Å²) in [4.78, 5) is 0. The van der Waals surface area contributed by atoms with Crippen molar-refractivity contribution >= 4 is 0 Å². The van der Waals surface area contributed by atoms with Crippen LogP contribution in [0.1, 0.15) is 52.9 Å². The molecule has 1 aromatic heterocycles. The SMILES string of the molecule is CC(C)(C)Cc1coc(CC(C)(C)C)c1. The zero-order chi connectivity index (χ0) is 11.7. The van der Waals surface area contributed by atoms with Gasteiger partial charge in [0.2, 0.25) is 0 Å². The molecule has 86 valence electrons. The van der Waals surface area contributed by atoms with Gasteiger partial charge in [-0.2, -0.15) is 0 Å². The Morgan fingerprint density at radius 2 is 1.47 bits per heavy atom. The van der Waals surface area contributed by atoms with Gasteiger partial charge < -0.3 is 4.42 Å². The van der Waals surface area contributed by atoms with Gasteiger partial charge in [0.1, 0.15) is 5.76 Å². The fraction of sp³-hybridized carbons (Fsp3) is 0.714. The zero-order valence-electron chi connectivity index (χ0n) is 11.0. The summed E-state index contributed by atoms with van der Waals surface area (Å²) in [5, 5.41) is 0. The molecule has 0 saturated carbocycles. The van der Waals surface area contributed by atoms with E-state index < -0.39 is 0 Å². The third-order valence-electron chi connectivity index (χ3n) is 2.15. The molecule has 1 heteroatoms. The molecule has 15 heavy (non-hydrogen) atoms. The Bertz CT molecular complexity index is 276. The van der Waals surface area contributed by atoms with Crippen molar-refractivity contribution in [3.63, 3.8) is 0 Å². The van der Waals surface area contributed by atoms with Gasteiger partial charge in [-0.15, -0.1) is 0 Å². The Kier molecular flexibility index (Phi) is 3.32. The lowest BCUT2D eigenvalue weighted by atomic mass is 9.88. The molecule has 0 saturated heterocycles. The Morgan fingerprint density at radius 1 is 0.933 bits per heavy atom. The highest BCUT2D eigenvalue weighted by Gasteiger charge is 2.16. The molecular weight excluding hydrogens is 184 g/mol. The van der Waals surface area contributed by atoms with E-state index in [-0.39, 0.29) is 0 Å². The van der Waals surface area contributed by atoms with Crippen molar-refractivity contribution < 1.29 is 4.42 Å². The van der Waals surface area contributed by atoms with E-state index in [0.717, 1.165) is 18.6 Å². The summed E-state index contributed by atoms with van der Waals surface area (Å²) >= 11 is 0. The van der Waals surface area contributed by atoms with Gasteiger partial charge in [0.25, 0.3) is 0 Å². The fourth-order valence-corrected chi connectivity index (χ4v) is 1.75. The molecule has 0 spiro atoms. The lowest BCUT2D eigenvalue weighted by Gasteiger charge is -2.16. The summed E-state index contributed by atoms with van der Waals surface area (Å²) < 4.78 is 5.59. The molecule has 0 N–H and O–H groups in total. The van der Waals surface area contributed by atoms with E-state index >= 15 is 0 Å². The van der Waals surface area contributed by atoms with E-state index in [0.29, 0.717) is 10.8 Å². The lowest BCUT2D eigenvalue weighted by molar-refractivity contribution is 0.362. The molecule has 0 unspecified atom stereocenters.